The van der Waals surface area contributed by atoms with E-state index < -0.39 is 11.7 Å². The third kappa shape index (κ3) is 6.93. The Bertz CT molecular complexity index is 1390. The lowest BCUT2D eigenvalue weighted by Gasteiger charge is -2.31. The number of benzene rings is 3. The lowest BCUT2D eigenvalue weighted by molar-refractivity contribution is -0.133. The first kappa shape index (κ1) is 28.7. The highest BCUT2D eigenvalue weighted by molar-refractivity contribution is 6.30. The van der Waals surface area contributed by atoms with Crippen molar-refractivity contribution in [2.45, 2.75) is 12.5 Å². The molecule has 3 aromatic carbocycles. The molecule has 1 fully saturated rings. The summed E-state index contributed by atoms with van der Waals surface area (Å²) in [6.45, 7) is 3.23. The SMILES string of the molecule is COc1ccc(C2=NN(C(=O)CN(CCN3CCOCC3)C(=O)c3ccccc3F)[C@H](c3ccc(Cl)cc3)C2)cc1. The summed E-state index contributed by atoms with van der Waals surface area (Å²) in [5.41, 5.74) is 2.41. The summed E-state index contributed by atoms with van der Waals surface area (Å²) in [6, 6.07) is 20.3. The van der Waals surface area contributed by atoms with Crippen LogP contribution in [0.1, 0.15) is 33.9 Å². The molecular formula is C31H32ClFN4O4. The fourth-order valence-electron chi connectivity index (χ4n) is 5.02. The van der Waals surface area contributed by atoms with Gasteiger partial charge in [-0.1, -0.05) is 35.9 Å². The lowest BCUT2D eigenvalue weighted by Crippen LogP contribution is -2.46. The number of rotatable bonds is 9. The van der Waals surface area contributed by atoms with Crippen LogP contribution in [-0.4, -0.2) is 85.4 Å². The maximum Gasteiger partial charge on any atom is 0.262 e. The predicted octanol–water partition coefficient (Wildman–Crippen LogP) is 4.64. The van der Waals surface area contributed by atoms with Crippen molar-refractivity contribution in [3.05, 3.63) is 100 Å². The van der Waals surface area contributed by atoms with Crippen LogP contribution in [0, 0.1) is 5.82 Å². The Hall–Kier alpha value is -3.79. The monoisotopic (exact) mass is 578 g/mol. The Labute approximate surface area is 243 Å². The maximum absolute atomic E-state index is 14.6. The van der Waals surface area contributed by atoms with Gasteiger partial charge < -0.3 is 14.4 Å². The van der Waals surface area contributed by atoms with Crippen molar-refractivity contribution in [1.29, 1.82) is 0 Å². The Balaban J connectivity index is 1.42. The van der Waals surface area contributed by atoms with E-state index in [-0.39, 0.29) is 30.6 Å². The summed E-state index contributed by atoms with van der Waals surface area (Å²) < 4.78 is 25.3. The predicted molar refractivity (Wildman–Crippen MR) is 155 cm³/mol. The van der Waals surface area contributed by atoms with Gasteiger partial charge in [-0.25, -0.2) is 9.40 Å². The number of carbonyl (C=O) groups is 2. The van der Waals surface area contributed by atoms with Crippen molar-refractivity contribution in [1.82, 2.24) is 14.8 Å². The molecule has 1 atom stereocenters. The van der Waals surface area contributed by atoms with Gasteiger partial charge in [0.15, 0.2) is 0 Å². The van der Waals surface area contributed by atoms with Crippen molar-refractivity contribution >= 4 is 29.1 Å². The Morgan fingerprint density at radius 2 is 1.76 bits per heavy atom. The highest BCUT2D eigenvalue weighted by Crippen LogP contribution is 2.34. The molecule has 5 rings (SSSR count). The van der Waals surface area contributed by atoms with Gasteiger partial charge in [0.05, 0.1) is 37.6 Å². The van der Waals surface area contributed by atoms with Crippen molar-refractivity contribution in [3.63, 3.8) is 0 Å². The molecule has 8 nitrogen and oxygen atoms in total. The molecule has 2 amide bonds. The molecule has 0 spiro atoms. The van der Waals surface area contributed by atoms with Crippen molar-refractivity contribution in [3.8, 4) is 5.75 Å². The molecule has 0 radical (unpaired) electrons. The average molecular weight is 579 g/mol. The van der Waals surface area contributed by atoms with Crippen LogP contribution in [-0.2, 0) is 9.53 Å². The molecular weight excluding hydrogens is 547 g/mol. The molecule has 0 saturated carbocycles. The zero-order valence-corrected chi connectivity index (χ0v) is 23.6. The molecule has 0 unspecified atom stereocenters. The number of nitrogens with zero attached hydrogens (tertiary/aromatic N) is 4. The van der Waals surface area contributed by atoms with Crippen LogP contribution in [0.25, 0.3) is 0 Å². The second-order valence-electron chi connectivity index (χ2n) is 9.95. The van der Waals surface area contributed by atoms with Gasteiger partial charge in [0.2, 0.25) is 0 Å². The van der Waals surface area contributed by atoms with Crippen LogP contribution in [0.2, 0.25) is 5.02 Å². The van der Waals surface area contributed by atoms with Gasteiger partial charge in [0, 0.05) is 37.6 Å². The number of morpholine rings is 1. The first-order chi connectivity index (χ1) is 19.9. The van der Waals surface area contributed by atoms with E-state index in [4.69, 9.17) is 26.2 Å². The fraction of sp³-hybridized carbons (Fsp3) is 0.323. The summed E-state index contributed by atoms with van der Waals surface area (Å²) in [5, 5.41) is 6.77. The average Bonchev–Trinajstić information content (AvgIpc) is 3.46. The van der Waals surface area contributed by atoms with E-state index in [1.807, 2.05) is 36.4 Å². The largest absolute Gasteiger partial charge is 0.497 e. The first-order valence-electron chi connectivity index (χ1n) is 13.6. The summed E-state index contributed by atoms with van der Waals surface area (Å²) >= 11 is 6.14. The third-order valence-electron chi connectivity index (χ3n) is 7.35. The Morgan fingerprint density at radius 1 is 1.05 bits per heavy atom. The van der Waals surface area contributed by atoms with E-state index in [0.29, 0.717) is 31.2 Å². The van der Waals surface area contributed by atoms with E-state index in [9.17, 15) is 14.0 Å². The summed E-state index contributed by atoms with van der Waals surface area (Å²) in [7, 11) is 1.60. The molecule has 2 aliphatic heterocycles. The quantitative estimate of drug-likeness (QED) is 0.370. The first-order valence-corrected chi connectivity index (χ1v) is 13.9. The van der Waals surface area contributed by atoms with Crippen LogP contribution < -0.4 is 4.74 Å². The molecule has 0 aromatic heterocycles. The molecule has 0 bridgehead atoms. The number of methoxy groups -OCH3 is 1. The third-order valence-corrected chi connectivity index (χ3v) is 7.60. The molecule has 0 aliphatic carbocycles. The van der Waals surface area contributed by atoms with Crippen LogP contribution in [0.5, 0.6) is 5.75 Å². The van der Waals surface area contributed by atoms with E-state index in [2.05, 4.69) is 4.90 Å². The number of hydrogen-bond donors (Lipinski definition) is 0. The number of ether oxygens (including phenoxy) is 2. The maximum atomic E-state index is 14.6. The minimum Gasteiger partial charge on any atom is -0.497 e. The topological polar surface area (TPSA) is 74.7 Å². The van der Waals surface area contributed by atoms with Crippen molar-refractivity contribution < 1.29 is 23.5 Å². The van der Waals surface area contributed by atoms with Gasteiger partial charge >= 0.3 is 0 Å². The number of halogens is 2. The van der Waals surface area contributed by atoms with Gasteiger partial charge in [-0.2, -0.15) is 5.10 Å². The van der Waals surface area contributed by atoms with Gasteiger partial charge in [-0.05, 0) is 59.7 Å². The van der Waals surface area contributed by atoms with Gasteiger partial charge in [-0.15, -0.1) is 0 Å². The summed E-state index contributed by atoms with van der Waals surface area (Å²) in [4.78, 5) is 31.0. The van der Waals surface area contributed by atoms with E-state index in [1.54, 1.807) is 25.3 Å². The summed E-state index contributed by atoms with van der Waals surface area (Å²) in [5.74, 6) is -0.801. The Morgan fingerprint density at radius 3 is 2.44 bits per heavy atom. The van der Waals surface area contributed by atoms with E-state index >= 15 is 0 Å². The van der Waals surface area contributed by atoms with Crippen LogP contribution in [0.15, 0.2) is 77.9 Å². The zero-order valence-electron chi connectivity index (χ0n) is 22.8. The zero-order chi connectivity index (χ0) is 28.8. The van der Waals surface area contributed by atoms with Crippen LogP contribution in [0.4, 0.5) is 4.39 Å². The minimum absolute atomic E-state index is 0.0691. The van der Waals surface area contributed by atoms with Gasteiger partial charge in [0.1, 0.15) is 18.1 Å². The molecule has 41 heavy (non-hydrogen) atoms. The van der Waals surface area contributed by atoms with E-state index in [0.717, 1.165) is 35.7 Å². The highest BCUT2D eigenvalue weighted by Gasteiger charge is 2.35. The van der Waals surface area contributed by atoms with Crippen molar-refractivity contribution in [2.75, 3.05) is 53.0 Å². The van der Waals surface area contributed by atoms with Gasteiger partial charge in [0.25, 0.3) is 11.8 Å². The second-order valence-corrected chi connectivity index (χ2v) is 10.4. The number of hydrogen-bond acceptors (Lipinski definition) is 6. The minimum atomic E-state index is -0.624. The molecule has 214 valence electrons. The summed E-state index contributed by atoms with van der Waals surface area (Å²) in [6.07, 6.45) is 0.481. The second kappa shape index (κ2) is 13.2. The molecule has 10 heteroatoms. The molecule has 3 aromatic rings. The molecule has 1 saturated heterocycles. The lowest BCUT2D eigenvalue weighted by atomic mass is 9.98. The number of carbonyl (C=O) groups excluding carboxylic acids is 2. The normalized spacial score (nSPS) is 17.3. The number of amides is 2. The van der Waals surface area contributed by atoms with Crippen LogP contribution in [0.3, 0.4) is 0 Å². The fourth-order valence-corrected chi connectivity index (χ4v) is 5.15. The Kier molecular flexibility index (Phi) is 9.28. The molecule has 0 N–H and O–H groups in total. The molecule has 2 aliphatic rings. The van der Waals surface area contributed by atoms with Gasteiger partial charge in [-0.3, -0.25) is 14.5 Å². The standard InChI is InChI=1S/C31H32ClFN4O4/c1-40-25-12-8-22(9-13-25)28-20-29(23-6-10-24(32)11-7-23)37(34-28)30(38)21-36(15-14-35-16-18-41-19-17-35)31(39)26-4-2-3-5-27(26)33/h2-13,29H,14-21H2,1H3/t29-/m0/s1. The van der Waals surface area contributed by atoms with E-state index in [1.165, 1.54) is 28.1 Å². The number of hydrazone groups is 1. The smallest absolute Gasteiger partial charge is 0.262 e. The molecule has 2 heterocycles. The van der Waals surface area contributed by atoms with Crippen molar-refractivity contribution in [2.24, 2.45) is 5.10 Å². The van der Waals surface area contributed by atoms with Crippen LogP contribution >= 0.6 is 11.6 Å². The highest BCUT2D eigenvalue weighted by atomic mass is 35.5.